The van der Waals surface area contributed by atoms with E-state index >= 15 is 0 Å². The number of carbonyl (C=O) groups is 1. The van der Waals surface area contributed by atoms with Gasteiger partial charge in [-0.1, -0.05) is 0 Å². The fourth-order valence-corrected chi connectivity index (χ4v) is 3.93. The van der Waals surface area contributed by atoms with Crippen LogP contribution in [0.1, 0.15) is 23.6 Å². The molecule has 1 aliphatic heterocycles. The average molecular weight is 343 g/mol. The van der Waals surface area contributed by atoms with Gasteiger partial charge < -0.3 is 14.2 Å². The lowest BCUT2D eigenvalue weighted by molar-refractivity contribution is -0.141. The predicted octanol–water partition coefficient (Wildman–Crippen LogP) is 1.13. The van der Waals surface area contributed by atoms with Crippen molar-refractivity contribution < 1.29 is 27.4 Å². The molecule has 0 spiro atoms. The highest BCUT2D eigenvalue weighted by Crippen LogP contribution is 2.40. The van der Waals surface area contributed by atoms with E-state index in [1.807, 2.05) is 6.07 Å². The minimum Gasteiger partial charge on any atom is -0.493 e. The number of benzene rings is 1. The Bertz CT molecular complexity index is 700. The summed E-state index contributed by atoms with van der Waals surface area (Å²) in [5, 5.41) is 0. The summed E-state index contributed by atoms with van der Waals surface area (Å²) in [4.78, 5) is 11.7. The van der Waals surface area contributed by atoms with Crippen molar-refractivity contribution in [1.29, 1.82) is 0 Å². The first-order chi connectivity index (χ1) is 10.8. The molecule has 0 saturated carbocycles. The zero-order valence-electron chi connectivity index (χ0n) is 13.7. The Hall–Kier alpha value is -1.80. The van der Waals surface area contributed by atoms with Gasteiger partial charge in [0, 0.05) is 6.54 Å². The molecule has 0 unspecified atom stereocenters. The molecule has 7 nitrogen and oxygen atoms in total. The first-order valence-electron chi connectivity index (χ1n) is 7.10. The maximum absolute atomic E-state index is 12.1. The molecule has 23 heavy (non-hydrogen) atoms. The number of rotatable bonds is 5. The summed E-state index contributed by atoms with van der Waals surface area (Å²) in [6.45, 7) is 0.309. The highest BCUT2D eigenvalue weighted by molar-refractivity contribution is 7.88. The summed E-state index contributed by atoms with van der Waals surface area (Å²) in [5.41, 5.74) is 1.68. The number of hydrogen-bond acceptors (Lipinski definition) is 6. The molecule has 0 aromatic heterocycles. The zero-order chi connectivity index (χ0) is 17.2. The lowest BCUT2D eigenvalue weighted by Gasteiger charge is -2.35. The number of sulfonamides is 1. The standard InChI is InChI=1S/C15H21NO6S/c1-20-13-7-10-5-6-16(23(4,18)19)12(9-15(17)22-3)11(10)8-14(13)21-2/h7-8,12H,5-6,9H2,1-4H3/t12-/m0/s1. The molecule has 0 fully saturated rings. The lowest BCUT2D eigenvalue weighted by Crippen LogP contribution is -2.40. The number of ether oxygens (including phenoxy) is 3. The van der Waals surface area contributed by atoms with Gasteiger partial charge in [0.05, 0.1) is 40.0 Å². The van der Waals surface area contributed by atoms with Gasteiger partial charge in [-0.15, -0.1) is 0 Å². The van der Waals surface area contributed by atoms with E-state index in [1.165, 1.54) is 18.5 Å². The largest absolute Gasteiger partial charge is 0.493 e. The molecule has 2 rings (SSSR count). The Morgan fingerprint density at radius 2 is 1.83 bits per heavy atom. The molecule has 1 aliphatic rings. The monoisotopic (exact) mass is 343 g/mol. The Morgan fingerprint density at radius 3 is 2.35 bits per heavy atom. The fourth-order valence-electron chi connectivity index (χ4n) is 2.86. The summed E-state index contributed by atoms with van der Waals surface area (Å²) in [6.07, 6.45) is 1.63. The highest BCUT2D eigenvalue weighted by Gasteiger charge is 2.35. The number of fused-ring (bicyclic) bond motifs is 1. The van der Waals surface area contributed by atoms with E-state index in [-0.39, 0.29) is 6.42 Å². The third kappa shape index (κ3) is 3.59. The zero-order valence-corrected chi connectivity index (χ0v) is 14.5. The summed E-state index contributed by atoms with van der Waals surface area (Å²) in [7, 11) is 0.884. The quantitative estimate of drug-likeness (QED) is 0.745. The molecule has 0 N–H and O–H groups in total. The Balaban J connectivity index is 2.55. The van der Waals surface area contributed by atoms with Gasteiger partial charge in [-0.25, -0.2) is 8.42 Å². The Morgan fingerprint density at radius 1 is 1.22 bits per heavy atom. The second-order valence-corrected chi connectivity index (χ2v) is 7.26. The van der Waals surface area contributed by atoms with E-state index in [1.54, 1.807) is 13.2 Å². The van der Waals surface area contributed by atoms with Crippen LogP contribution in [0.15, 0.2) is 12.1 Å². The van der Waals surface area contributed by atoms with Gasteiger partial charge in [-0.05, 0) is 29.7 Å². The molecule has 1 atom stereocenters. The highest BCUT2D eigenvalue weighted by atomic mass is 32.2. The number of methoxy groups -OCH3 is 3. The molecule has 0 aliphatic carbocycles. The number of hydrogen-bond donors (Lipinski definition) is 0. The normalized spacial score (nSPS) is 18.2. The Labute approximate surface area is 136 Å². The maximum Gasteiger partial charge on any atom is 0.307 e. The number of esters is 1. The third-order valence-corrected chi connectivity index (χ3v) is 5.26. The molecule has 1 aromatic rings. The van der Waals surface area contributed by atoms with E-state index < -0.39 is 22.0 Å². The van der Waals surface area contributed by atoms with Crippen LogP contribution in [0, 0.1) is 0 Å². The van der Waals surface area contributed by atoms with Crippen molar-refractivity contribution in [3.63, 3.8) is 0 Å². The summed E-state index contributed by atoms with van der Waals surface area (Å²) in [5.74, 6) is 0.610. The van der Waals surface area contributed by atoms with Crippen molar-refractivity contribution in [2.45, 2.75) is 18.9 Å². The van der Waals surface area contributed by atoms with Crippen molar-refractivity contribution in [2.24, 2.45) is 0 Å². The van der Waals surface area contributed by atoms with Gasteiger partial charge in [0.1, 0.15) is 0 Å². The third-order valence-electron chi connectivity index (χ3n) is 3.97. The number of nitrogens with zero attached hydrogens (tertiary/aromatic N) is 1. The van der Waals surface area contributed by atoms with E-state index in [2.05, 4.69) is 0 Å². The van der Waals surface area contributed by atoms with Crippen LogP contribution in [0.2, 0.25) is 0 Å². The molecule has 128 valence electrons. The van der Waals surface area contributed by atoms with Crippen LogP contribution in [-0.4, -0.2) is 52.8 Å². The van der Waals surface area contributed by atoms with Crippen LogP contribution in [0.4, 0.5) is 0 Å². The van der Waals surface area contributed by atoms with E-state index in [4.69, 9.17) is 14.2 Å². The van der Waals surface area contributed by atoms with Crippen LogP contribution in [-0.2, 0) is 26.0 Å². The van der Waals surface area contributed by atoms with Crippen molar-refractivity contribution in [2.75, 3.05) is 34.1 Å². The lowest BCUT2D eigenvalue weighted by atomic mass is 9.91. The van der Waals surface area contributed by atoms with E-state index in [0.29, 0.717) is 24.5 Å². The fraction of sp³-hybridized carbons (Fsp3) is 0.533. The summed E-state index contributed by atoms with van der Waals surface area (Å²) in [6, 6.07) is 2.96. The SMILES string of the molecule is COC(=O)C[C@H]1c2cc(OC)c(OC)cc2CCN1S(C)(=O)=O. The minimum atomic E-state index is -3.45. The van der Waals surface area contributed by atoms with E-state index in [9.17, 15) is 13.2 Å². The van der Waals surface area contributed by atoms with Crippen LogP contribution in [0.25, 0.3) is 0 Å². The van der Waals surface area contributed by atoms with Crippen molar-refractivity contribution >= 4 is 16.0 Å². The average Bonchev–Trinajstić information content (AvgIpc) is 2.52. The first kappa shape index (κ1) is 17.6. The van der Waals surface area contributed by atoms with Gasteiger partial charge in [-0.3, -0.25) is 4.79 Å². The first-order valence-corrected chi connectivity index (χ1v) is 8.95. The molecule has 0 bridgehead atoms. The molecule has 1 heterocycles. The van der Waals surface area contributed by atoms with Gasteiger partial charge >= 0.3 is 5.97 Å². The van der Waals surface area contributed by atoms with Crippen molar-refractivity contribution in [1.82, 2.24) is 4.31 Å². The second kappa shape index (κ2) is 6.76. The molecule has 0 saturated heterocycles. The minimum absolute atomic E-state index is 0.0496. The summed E-state index contributed by atoms with van der Waals surface area (Å²) < 4.78 is 40.8. The van der Waals surface area contributed by atoms with Crippen LogP contribution in [0.3, 0.4) is 0 Å². The van der Waals surface area contributed by atoms with Crippen molar-refractivity contribution in [3.8, 4) is 11.5 Å². The number of carbonyl (C=O) groups excluding carboxylic acids is 1. The van der Waals surface area contributed by atoms with Gasteiger partial charge in [0.25, 0.3) is 0 Å². The van der Waals surface area contributed by atoms with Gasteiger partial charge in [0.2, 0.25) is 10.0 Å². The molecule has 0 amide bonds. The molecule has 1 aromatic carbocycles. The topological polar surface area (TPSA) is 82.1 Å². The Kier molecular flexibility index (Phi) is 5.16. The maximum atomic E-state index is 12.1. The van der Waals surface area contributed by atoms with Crippen LogP contribution in [0.5, 0.6) is 11.5 Å². The molecule has 0 radical (unpaired) electrons. The predicted molar refractivity (Wildman–Crippen MR) is 84.2 cm³/mol. The van der Waals surface area contributed by atoms with Gasteiger partial charge in [-0.2, -0.15) is 4.31 Å². The van der Waals surface area contributed by atoms with Crippen molar-refractivity contribution in [3.05, 3.63) is 23.3 Å². The molecular formula is C15H21NO6S. The van der Waals surface area contributed by atoms with Crippen LogP contribution < -0.4 is 9.47 Å². The van der Waals surface area contributed by atoms with Crippen LogP contribution >= 0.6 is 0 Å². The second-order valence-electron chi connectivity index (χ2n) is 5.33. The summed E-state index contributed by atoms with van der Waals surface area (Å²) >= 11 is 0. The van der Waals surface area contributed by atoms with E-state index in [0.717, 1.165) is 17.4 Å². The van der Waals surface area contributed by atoms with Gasteiger partial charge in [0.15, 0.2) is 11.5 Å². The smallest absolute Gasteiger partial charge is 0.307 e. The molecular weight excluding hydrogens is 322 g/mol. The molecule has 8 heteroatoms.